The minimum atomic E-state index is -0.493. The smallest absolute Gasteiger partial charge is 0.269 e. The summed E-state index contributed by atoms with van der Waals surface area (Å²) in [6, 6.07) is 6.16. The Labute approximate surface area is 130 Å². The van der Waals surface area contributed by atoms with Crippen molar-refractivity contribution < 1.29 is 9.72 Å². The third-order valence-electron chi connectivity index (χ3n) is 4.04. The van der Waals surface area contributed by atoms with Gasteiger partial charge in [0, 0.05) is 37.5 Å². The predicted molar refractivity (Wildman–Crippen MR) is 86.7 cm³/mol. The first-order valence-corrected chi connectivity index (χ1v) is 7.45. The molecule has 0 unspecified atom stereocenters. The van der Waals surface area contributed by atoms with Crippen molar-refractivity contribution in [3.05, 3.63) is 34.4 Å². The van der Waals surface area contributed by atoms with E-state index in [1.165, 1.54) is 12.1 Å². The molecule has 0 radical (unpaired) electrons. The summed E-state index contributed by atoms with van der Waals surface area (Å²) in [6.07, 6.45) is 1.42. The van der Waals surface area contributed by atoms with Crippen molar-refractivity contribution in [1.29, 1.82) is 0 Å². The van der Waals surface area contributed by atoms with E-state index in [2.05, 4.69) is 10.6 Å². The molecule has 0 aliphatic rings. The van der Waals surface area contributed by atoms with Crippen LogP contribution in [0.3, 0.4) is 0 Å². The third-order valence-corrected chi connectivity index (χ3v) is 4.04. The number of carbonyl (C=O) groups is 1. The summed E-state index contributed by atoms with van der Waals surface area (Å²) in [7, 11) is 0. The molecular formula is C15H24N4O3. The second-order valence-corrected chi connectivity index (χ2v) is 5.18. The molecule has 122 valence electrons. The van der Waals surface area contributed by atoms with Gasteiger partial charge >= 0.3 is 0 Å². The highest BCUT2D eigenvalue weighted by Crippen LogP contribution is 2.24. The second-order valence-electron chi connectivity index (χ2n) is 5.18. The Morgan fingerprint density at radius 2 is 1.82 bits per heavy atom. The summed E-state index contributed by atoms with van der Waals surface area (Å²) < 4.78 is 0. The molecule has 1 rings (SSSR count). The normalized spacial score (nSPS) is 11.0. The van der Waals surface area contributed by atoms with Crippen LogP contribution in [0.2, 0.25) is 0 Å². The molecule has 1 aromatic carbocycles. The third kappa shape index (κ3) is 4.42. The molecule has 0 atom stereocenters. The van der Waals surface area contributed by atoms with Gasteiger partial charge in [-0.05, 0) is 25.0 Å². The van der Waals surface area contributed by atoms with Gasteiger partial charge in [-0.2, -0.15) is 0 Å². The number of nitrogens with zero attached hydrogens (tertiary/aromatic N) is 1. The average molecular weight is 308 g/mol. The van der Waals surface area contributed by atoms with E-state index in [0.717, 1.165) is 5.69 Å². The van der Waals surface area contributed by atoms with E-state index in [9.17, 15) is 14.9 Å². The Balaban J connectivity index is 2.41. The van der Waals surface area contributed by atoms with E-state index in [4.69, 9.17) is 5.73 Å². The lowest BCUT2D eigenvalue weighted by Gasteiger charge is -2.28. The molecule has 1 amide bonds. The summed E-state index contributed by atoms with van der Waals surface area (Å²) in [5, 5.41) is 16.5. The number of rotatable bonds is 9. The molecule has 0 saturated carbocycles. The zero-order chi connectivity index (χ0) is 16.6. The largest absolute Gasteiger partial charge is 0.383 e. The van der Waals surface area contributed by atoms with E-state index < -0.39 is 10.3 Å². The Morgan fingerprint density at radius 3 is 2.27 bits per heavy atom. The number of hydrogen-bond acceptors (Lipinski definition) is 5. The summed E-state index contributed by atoms with van der Waals surface area (Å²) in [5.41, 5.74) is 6.07. The van der Waals surface area contributed by atoms with Gasteiger partial charge in [0.05, 0.1) is 10.3 Å². The standard InChI is InChI=1S/C15H24N4O3/c1-3-15(4-2,11-16)14(20)18-10-9-17-12-5-7-13(8-6-12)19(21)22/h5-8,17H,3-4,9-11,16H2,1-2H3,(H,18,20). The van der Waals surface area contributed by atoms with Gasteiger partial charge in [0.1, 0.15) is 0 Å². The number of anilines is 1. The topological polar surface area (TPSA) is 110 Å². The molecule has 0 fully saturated rings. The molecule has 0 bridgehead atoms. The number of benzene rings is 1. The number of nitro groups is 1. The molecule has 0 aliphatic carbocycles. The van der Waals surface area contributed by atoms with Gasteiger partial charge in [-0.25, -0.2) is 0 Å². The van der Waals surface area contributed by atoms with Crippen LogP contribution in [0.4, 0.5) is 11.4 Å². The number of hydrogen-bond donors (Lipinski definition) is 3. The van der Waals surface area contributed by atoms with Gasteiger partial charge in [0.2, 0.25) is 5.91 Å². The van der Waals surface area contributed by atoms with E-state index in [1.807, 2.05) is 13.8 Å². The summed E-state index contributed by atoms with van der Waals surface area (Å²) in [4.78, 5) is 22.3. The predicted octanol–water partition coefficient (Wildman–Crippen LogP) is 1.89. The fourth-order valence-electron chi connectivity index (χ4n) is 2.22. The van der Waals surface area contributed by atoms with Crippen LogP contribution >= 0.6 is 0 Å². The minimum Gasteiger partial charge on any atom is -0.383 e. The van der Waals surface area contributed by atoms with Crippen molar-refractivity contribution in [2.75, 3.05) is 25.0 Å². The van der Waals surface area contributed by atoms with Crippen molar-refractivity contribution in [2.45, 2.75) is 26.7 Å². The first-order chi connectivity index (χ1) is 10.5. The number of nitro benzene ring substituents is 1. The van der Waals surface area contributed by atoms with Crippen LogP contribution in [0.25, 0.3) is 0 Å². The number of nitrogens with two attached hydrogens (primary N) is 1. The lowest BCUT2D eigenvalue weighted by Crippen LogP contribution is -2.46. The summed E-state index contributed by atoms with van der Waals surface area (Å²) in [5.74, 6) is -0.0227. The van der Waals surface area contributed by atoms with Crippen molar-refractivity contribution in [1.82, 2.24) is 5.32 Å². The van der Waals surface area contributed by atoms with Crippen LogP contribution in [-0.4, -0.2) is 30.5 Å². The van der Waals surface area contributed by atoms with E-state index in [-0.39, 0.29) is 11.6 Å². The molecule has 0 spiro atoms. The van der Waals surface area contributed by atoms with E-state index in [0.29, 0.717) is 32.5 Å². The first kappa shape index (κ1) is 17.9. The van der Waals surface area contributed by atoms with Gasteiger partial charge in [-0.15, -0.1) is 0 Å². The van der Waals surface area contributed by atoms with Gasteiger partial charge in [-0.3, -0.25) is 14.9 Å². The fraction of sp³-hybridized carbons (Fsp3) is 0.533. The van der Waals surface area contributed by atoms with Crippen molar-refractivity contribution in [3.8, 4) is 0 Å². The maximum absolute atomic E-state index is 12.2. The molecule has 22 heavy (non-hydrogen) atoms. The molecule has 7 heteroatoms. The maximum atomic E-state index is 12.2. The van der Waals surface area contributed by atoms with Crippen LogP contribution in [0.15, 0.2) is 24.3 Å². The van der Waals surface area contributed by atoms with E-state index in [1.54, 1.807) is 12.1 Å². The average Bonchev–Trinajstić information content (AvgIpc) is 2.54. The monoisotopic (exact) mass is 308 g/mol. The molecule has 0 saturated heterocycles. The highest BCUT2D eigenvalue weighted by Gasteiger charge is 2.32. The maximum Gasteiger partial charge on any atom is 0.269 e. The number of nitrogens with one attached hydrogen (secondary N) is 2. The first-order valence-electron chi connectivity index (χ1n) is 7.45. The lowest BCUT2D eigenvalue weighted by atomic mass is 9.81. The highest BCUT2D eigenvalue weighted by atomic mass is 16.6. The highest BCUT2D eigenvalue weighted by molar-refractivity contribution is 5.82. The van der Waals surface area contributed by atoms with Crippen LogP contribution in [0, 0.1) is 15.5 Å². The molecule has 7 nitrogen and oxygen atoms in total. The molecule has 0 aliphatic heterocycles. The van der Waals surface area contributed by atoms with Crippen LogP contribution < -0.4 is 16.4 Å². The van der Waals surface area contributed by atoms with Gasteiger partial charge in [-0.1, -0.05) is 13.8 Å². The van der Waals surface area contributed by atoms with Crippen molar-refractivity contribution in [2.24, 2.45) is 11.1 Å². The molecule has 0 heterocycles. The number of carbonyl (C=O) groups excluding carboxylic acids is 1. The van der Waals surface area contributed by atoms with Crippen LogP contribution in [0.5, 0.6) is 0 Å². The lowest BCUT2D eigenvalue weighted by molar-refractivity contribution is -0.384. The van der Waals surface area contributed by atoms with Gasteiger partial charge in [0.25, 0.3) is 5.69 Å². The zero-order valence-corrected chi connectivity index (χ0v) is 13.1. The van der Waals surface area contributed by atoms with Crippen LogP contribution in [-0.2, 0) is 4.79 Å². The second kappa shape index (κ2) is 8.33. The fourth-order valence-corrected chi connectivity index (χ4v) is 2.22. The summed E-state index contributed by atoms with van der Waals surface area (Å²) >= 11 is 0. The molecule has 0 aromatic heterocycles. The van der Waals surface area contributed by atoms with Crippen molar-refractivity contribution >= 4 is 17.3 Å². The van der Waals surface area contributed by atoms with Gasteiger partial charge in [0.15, 0.2) is 0 Å². The molecule has 4 N–H and O–H groups in total. The Bertz CT molecular complexity index is 490. The summed E-state index contributed by atoms with van der Waals surface area (Å²) in [6.45, 7) is 5.27. The zero-order valence-electron chi connectivity index (χ0n) is 13.1. The SMILES string of the molecule is CCC(CC)(CN)C(=O)NCCNc1ccc([N+](=O)[O-])cc1. The van der Waals surface area contributed by atoms with Crippen LogP contribution in [0.1, 0.15) is 26.7 Å². The Kier molecular flexibility index (Phi) is 6.78. The number of non-ortho nitro benzene ring substituents is 1. The molecule has 1 aromatic rings. The Hall–Kier alpha value is -2.15. The van der Waals surface area contributed by atoms with Gasteiger partial charge < -0.3 is 16.4 Å². The van der Waals surface area contributed by atoms with Crippen molar-refractivity contribution in [3.63, 3.8) is 0 Å². The number of amides is 1. The molecular weight excluding hydrogens is 284 g/mol. The van der Waals surface area contributed by atoms with E-state index >= 15 is 0 Å². The minimum absolute atomic E-state index is 0.0227. The Morgan fingerprint density at radius 1 is 1.23 bits per heavy atom. The quantitative estimate of drug-likeness (QED) is 0.366.